The molecule has 170 valence electrons. The SMILES string of the molecule is COCC(NC(=O)c1ccc2c(n1)N(C(=O)Nc1ccccn1)C1CCN2C1)C(F)(F)F. The maximum absolute atomic E-state index is 13.2. The molecule has 3 amide bonds. The first-order valence-corrected chi connectivity index (χ1v) is 9.91. The van der Waals surface area contributed by atoms with Gasteiger partial charge in [-0.15, -0.1) is 0 Å². The molecule has 2 aromatic rings. The maximum atomic E-state index is 13.2. The van der Waals surface area contributed by atoms with Crippen LogP contribution in [0.5, 0.6) is 0 Å². The van der Waals surface area contributed by atoms with Gasteiger partial charge in [-0.3, -0.25) is 15.0 Å². The molecule has 0 aliphatic carbocycles. The number of methoxy groups -OCH3 is 1. The van der Waals surface area contributed by atoms with Gasteiger partial charge >= 0.3 is 12.2 Å². The van der Waals surface area contributed by atoms with Crippen LogP contribution in [0.3, 0.4) is 0 Å². The van der Waals surface area contributed by atoms with Crippen molar-refractivity contribution in [3.63, 3.8) is 0 Å². The molecule has 0 saturated carbocycles. The van der Waals surface area contributed by atoms with E-state index in [1.807, 2.05) is 10.2 Å². The highest BCUT2D eigenvalue weighted by Crippen LogP contribution is 2.39. The lowest BCUT2D eigenvalue weighted by Crippen LogP contribution is -2.49. The first-order valence-electron chi connectivity index (χ1n) is 9.91. The summed E-state index contributed by atoms with van der Waals surface area (Å²) in [5.41, 5.74) is 0.406. The topological polar surface area (TPSA) is 99.7 Å². The lowest BCUT2D eigenvalue weighted by Gasteiger charge is -2.35. The zero-order valence-electron chi connectivity index (χ0n) is 17.1. The summed E-state index contributed by atoms with van der Waals surface area (Å²) in [4.78, 5) is 37.4. The minimum absolute atomic E-state index is 0.187. The number of carbonyl (C=O) groups excluding carboxylic acids is 2. The second kappa shape index (κ2) is 8.61. The standard InChI is InChI=1S/C20H21F3N6O3/c1-32-11-15(20(21,22)23)26-18(30)13-5-6-14-17(25-13)29(12-7-9-28(14)10-12)19(31)27-16-4-2-3-8-24-16/h2-6,8,12,15H,7,9-11H2,1H3,(H,26,30)(H,24,27,31). The zero-order valence-corrected chi connectivity index (χ0v) is 17.1. The van der Waals surface area contributed by atoms with E-state index < -0.39 is 30.8 Å². The number of hydrogen-bond acceptors (Lipinski definition) is 6. The van der Waals surface area contributed by atoms with Crippen molar-refractivity contribution < 1.29 is 27.5 Å². The molecule has 2 bridgehead atoms. The molecule has 4 rings (SSSR count). The van der Waals surface area contributed by atoms with E-state index in [2.05, 4.69) is 20.0 Å². The van der Waals surface area contributed by atoms with Crippen LogP contribution in [0.1, 0.15) is 16.9 Å². The van der Waals surface area contributed by atoms with Gasteiger partial charge in [0.25, 0.3) is 5.91 Å². The molecule has 2 atom stereocenters. The molecule has 0 radical (unpaired) electrons. The van der Waals surface area contributed by atoms with Gasteiger partial charge < -0.3 is 15.0 Å². The van der Waals surface area contributed by atoms with E-state index in [1.165, 1.54) is 17.2 Å². The molecule has 2 unspecified atom stereocenters. The summed E-state index contributed by atoms with van der Waals surface area (Å²) in [5.74, 6) is -0.443. The molecule has 2 aromatic heterocycles. The van der Waals surface area contributed by atoms with E-state index >= 15 is 0 Å². The fourth-order valence-electron chi connectivity index (χ4n) is 3.82. The largest absolute Gasteiger partial charge is 0.410 e. The number of anilines is 3. The second-order valence-electron chi connectivity index (χ2n) is 7.47. The first kappa shape index (κ1) is 21.8. The third kappa shape index (κ3) is 4.31. The summed E-state index contributed by atoms with van der Waals surface area (Å²) in [7, 11) is 1.12. The molecule has 9 nitrogen and oxygen atoms in total. The Hall–Kier alpha value is -3.41. The number of pyridine rings is 2. The van der Waals surface area contributed by atoms with Gasteiger partial charge in [0.1, 0.15) is 17.6 Å². The summed E-state index contributed by atoms with van der Waals surface area (Å²) in [5, 5.41) is 4.61. The number of carbonyl (C=O) groups is 2. The number of amides is 3. The number of ether oxygens (including phenoxy) is 1. The van der Waals surface area contributed by atoms with E-state index in [9.17, 15) is 22.8 Å². The van der Waals surface area contributed by atoms with Crippen LogP contribution in [0, 0.1) is 0 Å². The monoisotopic (exact) mass is 450 g/mol. The summed E-state index contributed by atoms with van der Waals surface area (Å²) in [6.45, 7) is 0.566. The van der Waals surface area contributed by atoms with Gasteiger partial charge in [-0.05, 0) is 30.7 Å². The van der Waals surface area contributed by atoms with Crippen LogP contribution in [0.25, 0.3) is 0 Å². The molecule has 1 saturated heterocycles. The fraction of sp³-hybridized carbons (Fsp3) is 0.400. The molecule has 4 heterocycles. The second-order valence-corrected chi connectivity index (χ2v) is 7.47. The highest BCUT2D eigenvalue weighted by Gasteiger charge is 2.42. The molecule has 12 heteroatoms. The molecule has 2 aliphatic heterocycles. The molecular formula is C20H21F3N6O3. The Morgan fingerprint density at radius 3 is 2.78 bits per heavy atom. The predicted molar refractivity (Wildman–Crippen MR) is 110 cm³/mol. The van der Waals surface area contributed by atoms with Gasteiger partial charge in [-0.2, -0.15) is 13.2 Å². The van der Waals surface area contributed by atoms with Crippen LogP contribution in [-0.4, -0.2) is 67.0 Å². The van der Waals surface area contributed by atoms with E-state index in [0.29, 0.717) is 31.0 Å². The first-order chi connectivity index (χ1) is 15.3. The lowest BCUT2D eigenvalue weighted by molar-refractivity contribution is -0.163. The third-order valence-electron chi connectivity index (χ3n) is 5.34. The van der Waals surface area contributed by atoms with Crippen molar-refractivity contribution in [3.8, 4) is 0 Å². The van der Waals surface area contributed by atoms with Crippen molar-refractivity contribution in [2.45, 2.75) is 24.7 Å². The molecule has 1 fully saturated rings. The van der Waals surface area contributed by atoms with E-state index in [0.717, 1.165) is 7.11 Å². The van der Waals surface area contributed by atoms with Gasteiger partial charge in [0.2, 0.25) is 0 Å². The van der Waals surface area contributed by atoms with Gasteiger partial charge in [0, 0.05) is 26.4 Å². The number of nitrogens with one attached hydrogen (secondary N) is 2. The van der Waals surface area contributed by atoms with E-state index in [1.54, 1.807) is 24.3 Å². The average molecular weight is 450 g/mol. The Morgan fingerprint density at radius 2 is 2.09 bits per heavy atom. The van der Waals surface area contributed by atoms with Crippen LogP contribution in [0.2, 0.25) is 0 Å². The summed E-state index contributed by atoms with van der Waals surface area (Å²) >= 11 is 0. The van der Waals surface area contributed by atoms with Crippen molar-refractivity contribution in [2.24, 2.45) is 0 Å². The van der Waals surface area contributed by atoms with Crippen molar-refractivity contribution in [3.05, 3.63) is 42.2 Å². The van der Waals surface area contributed by atoms with E-state index in [4.69, 9.17) is 0 Å². The summed E-state index contributed by atoms with van der Waals surface area (Å²) in [6.07, 6.45) is -2.45. The Labute approximate surface area is 181 Å². The molecule has 0 aromatic carbocycles. The van der Waals surface area contributed by atoms with Crippen molar-refractivity contribution in [1.82, 2.24) is 15.3 Å². The number of hydrogen-bond donors (Lipinski definition) is 2. The van der Waals surface area contributed by atoms with Crippen molar-refractivity contribution in [1.29, 1.82) is 0 Å². The highest BCUT2D eigenvalue weighted by atomic mass is 19.4. The van der Waals surface area contributed by atoms with Gasteiger partial charge in [0.15, 0.2) is 5.82 Å². The van der Waals surface area contributed by atoms with Crippen molar-refractivity contribution in [2.75, 3.05) is 41.9 Å². The molecule has 2 aliphatic rings. The van der Waals surface area contributed by atoms with Crippen LogP contribution >= 0.6 is 0 Å². The predicted octanol–water partition coefficient (Wildman–Crippen LogP) is 2.41. The Balaban J connectivity index is 1.62. The number of nitrogens with zero attached hydrogens (tertiary/aromatic N) is 4. The third-order valence-corrected chi connectivity index (χ3v) is 5.34. The number of urea groups is 1. The van der Waals surface area contributed by atoms with Crippen molar-refractivity contribution >= 4 is 29.3 Å². The summed E-state index contributed by atoms with van der Waals surface area (Å²) in [6, 6.07) is 5.17. The number of rotatable bonds is 5. The van der Waals surface area contributed by atoms with Gasteiger partial charge in [0.05, 0.1) is 18.3 Å². The fourth-order valence-corrected chi connectivity index (χ4v) is 3.82. The Morgan fingerprint density at radius 1 is 1.28 bits per heavy atom. The Bertz CT molecular complexity index is 1000. The summed E-state index contributed by atoms with van der Waals surface area (Å²) < 4.78 is 44.0. The molecule has 32 heavy (non-hydrogen) atoms. The highest BCUT2D eigenvalue weighted by molar-refractivity contribution is 6.05. The van der Waals surface area contributed by atoms with Crippen LogP contribution in [0.15, 0.2) is 36.5 Å². The maximum Gasteiger partial charge on any atom is 0.410 e. The lowest BCUT2D eigenvalue weighted by atomic mass is 10.1. The number of fused-ring (bicyclic) bond motifs is 4. The molecule has 0 spiro atoms. The normalized spacial score (nSPS) is 18.2. The Kier molecular flexibility index (Phi) is 5.87. The zero-order chi connectivity index (χ0) is 22.9. The smallest absolute Gasteiger partial charge is 0.382 e. The molecule has 2 N–H and O–H groups in total. The average Bonchev–Trinajstić information content (AvgIpc) is 3.17. The number of halogens is 3. The quantitative estimate of drug-likeness (QED) is 0.726. The van der Waals surface area contributed by atoms with E-state index in [-0.39, 0.29) is 17.6 Å². The van der Waals surface area contributed by atoms with Crippen LogP contribution in [0.4, 0.5) is 35.3 Å². The minimum Gasteiger partial charge on any atom is -0.382 e. The number of alkyl halides is 3. The van der Waals surface area contributed by atoms with Gasteiger partial charge in [-0.25, -0.2) is 14.8 Å². The van der Waals surface area contributed by atoms with Crippen LogP contribution in [-0.2, 0) is 4.74 Å². The molecular weight excluding hydrogens is 429 g/mol. The minimum atomic E-state index is -4.68. The van der Waals surface area contributed by atoms with Gasteiger partial charge in [-0.1, -0.05) is 6.07 Å². The van der Waals surface area contributed by atoms with Crippen LogP contribution < -0.4 is 20.4 Å². The number of aromatic nitrogens is 2.